The zero-order chi connectivity index (χ0) is 18.6. The molecule has 0 aliphatic heterocycles. The molecule has 0 radical (unpaired) electrons. The number of aromatic nitrogens is 1. The monoisotopic (exact) mass is 389 g/mol. The fourth-order valence-corrected chi connectivity index (χ4v) is 3.90. The summed E-state index contributed by atoms with van der Waals surface area (Å²) in [5.74, 6) is -0.231. The van der Waals surface area contributed by atoms with E-state index in [-0.39, 0.29) is 16.4 Å². The molecule has 134 valence electrons. The van der Waals surface area contributed by atoms with Crippen molar-refractivity contribution in [3.63, 3.8) is 0 Å². The molecule has 0 aliphatic carbocycles. The number of anilines is 3. The Labute approximate surface area is 155 Å². The van der Waals surface area contributed by atoms with Gasteiger partial charge in [-0.15, -0.1) is 11.8 Å². The second-order valence-corrected chi connectivity index (χ2v) is 7.85. The van der Waals surface area contributed by atoms with Gasteiger partial charge in [0.1, 0.15) is 10.7 Å². The number of sulfonamides is 1. The lowest BCUT2D eigenvalue weighted by atomic mass is 10.3. The molecular weight excluding hydrogens is 373 g/mol. The summed E-state index contributed by atoms with van der Waals surface area (Å²) in [6, 6.07) is 15.7. The van der Waals surface area contributed by atoms with E-state index in [2.05, 4.69) is 15.0 Å². The highest BCUT2D eigenvalue weighted by Gasteiger charge is 2.20. The van der Waals surface area contributed by atoms with E-state index < -0.39 is 15.8 Å². The highest BCUT2D eigenvalue weighted by atomic mass is 32.2. The van der Waals surface area contributed by atoms with Crippen LogP contribution in [0.4, 0.5) is 21.6 Å². The number of thioether (sulfide) groups is 1. The second-order valence-electron chi connectivity index (χ2n) is 5.32. The topological polar surface area (TPSA) is 71.1 Å². The van der Waals surface area contributed by atoms with Gasteiger partial charge in [0.25, 0.3) is 10.0 Å². The highest BCUT2D eigenvalue weighted by Crippen LogP contribution is 2.26. The molecule has 0 saturated carbocycles. The quantitative estimate of drug-likeness (QED) is 0.608. The van der Waals surface area contributed by atoms with Crippen LogP contribution in [0, 0.1) is 5.82 Å². The minimum atomic E-state index is -3.90. The number of hydrogen-bond acceptors (Lipinski definition) is 5. The lowest BCUT2D eigenvalue weighted by Gasteiger charge is -2.13. The lowest BCUT2D eigenvalue weighted by molar-refractivity contribution is 0.601. The highest BCUT2D eigenvalue weighted by molar-refractivity contribution is 7.98. The van der Waals surface area contributed by atoms with Crippen LogP contribution in [-0.4, -0.2) is 19.7 Å². The summed E-state index contributed by atoms with van der Waals surface area (Å²) in [6.07, 6.45) is 3.47. The van der Waals surface area contributed by atoms with E-state index in [0.717, 1.165) is 10.6 Å². The van der Waals surface area contributed by atoms with Crippen LogP contribution in [0.3, 0.4) is 0 Å². The summed E-state index contributed by atoms with van der Waals surface area (Å²) in [7, 11) is -3.90. The average Bonchev–Trinajstić information content (AvgIpc) is 2.64. The maximum absolute atomic E-state index is 13.0. The molecule has 2 aromatic carbocycles. The van der Waals surface area contributed by atoms with Crippen molar-refractivity contribution < 1.29 is 12.8 Å². The van der Waals surface area contributed by atoms with Crippen molar-refractivity contribution in [2.45, 2.75) is 9.79 Å². The van der Waals surface area contributed by atoms with Crippen molar-refractivity contribution in [2.24, 2.45) is 0 Å². The van der Waals surface area contributed by atoms with E-state index in [1.54, 1.807) is 17.8 Å². The minimum absolute atomic E-state index is 0.00104. The number of pyridine rings is 1. The van der Waals surface area contributed by atoms with Crippen molar-refractivity contribution in [3.8, 4) is 0 Å². The fraction of sp³-hybridized carbons (Fsp3) is 0.0556. The molecule has 0 atom stereocenters. The zero-order valence-corrected chi connectivity index (χ0v) is 15.4. The molecular formula is C18H16FN3O2S2. The molecule has 1 aromatic heterocycles. The van der Waals surface area contributed by atoms with Crippen LogP contribution in [0.15, 0.2) is 76.7 Å². The fourth-order valence-electron chi connectivity index (χ4n) is 2.27. The number of hydrogen-bond donors (Lipinski definition) is 2. The van der Waals surface area contributed by atoms with E-state index in [0.29, 0.717) is 0 Å². The van der Waals surface area contributed by atoms with Gasteiger partial charge in [0.2, 0.25) is 0 Å². The SMILES string of the molecule is CSc1cccc(Nc2ncccc2S(=O)(=O)Nc2ccc(F)cc2)c1. The maximum atomic E-state index is 13.0. The summed E-state index contributed by atoms with van der Waals surface area (Å²) in [4.78, 5) is 5.19. The predicted molar refractivity (Wildman–Crippen MR) is 103 cm³/mol. The van der Waals surface area contributed by atoms with Crippen LogP contribution in [0.25, 0.3) is 0 Å². The molecule has 0 bridgehead atoms. The third kappa shape index (κ3) is 4.33. The van der Waals surface area contributed by atoms with E-state index in [9.17, 15) is 12.8 Å². The normalized spacial score (nSPS) is 11.2. The Morgan fingerprint density at radius 1 is 1.00 bits per heavy atom. The van der Waals surface area contributed by atoms with Gasteiger partial charge >= 0.3 is 0 Å². The van der Waals surface area contributed by atoms with Gasteiger partial charge in [-0.1, -0.05) is 6.07 Å². The number of nitrogens with zero attached hydrogens (tertiary/aromatic N) is 1. The molecule has 2 N–H and O–H groups in total. The van der Waals surface area contributed by atoms with Crippen LogP contribution in [-0.2, 0) is 10.0 Å². The molecule has 26 heavy (non-hydrogen) atoms. The van der Waals surface area contributed by atoms with E-state index in [1.807, 2.05) is 30.5 Å². The Hall–Kier alpha value is -2.58. The van der Waals surface area contributed by atoms with Gasteiger partial charge in [-0.25, -0.2) is 17.8 Å². The minimum Gasteiger partial charge on any atom is -0.339 e. The molecule has 0 saturated heterocycles. The van der Waals surface area contributed by atoms with Crippen molar-refractivity contribution >= 4 is 39.0 Å². The Morgan fingerprint density at radius 3 is 2.50 bits per heavy atom. The predicted octanol–water partition coefficient (Wildman–Crippen LogP) is 4.49. The lowest BCUT2D eigenvalue weighted by Crippen LogP contribution is -2.15. The number of nitrogens with one attached hydrogen (secondary N) is 2. The first kappa shape index (κ1) is 18.2. The third-order valence-corrected chi connectivity index (χ3v) is 5.63. The van der Waals surface area contributed by atoms with Crippen LogP contribution >= 0.6 is 11.8 Å². The van der Waals surface area contributed by atoms with E-state index in [1.165, 1.54) is 36.5 Å². The molecule has 0 amide bonds. The number of rotatable bonds is 6. The number of benzene rings is 2. The smallest absolute Gasteiger partial charge is 0.265 e. The first-order chi connectivity index (χ1) is 12.5. The van der Waals surface area contributed by atoms with Crippen LogP contribution in [0.1, 0.15) is 0 Å². The molecule has 0 spiro atoms. The Morgan fingerprint density at radius 2 is 1.77 bits per heavy atom. The molecule has 3 aromatic rings. The van der Waals surface area contributed by atoms with Crippen LogP contribution < -0.4 is 10.0 Å². The summed E-state index contributed by atoms with van der Waals surface area (Å²) < 4.78 is 40.9. The first-order valence-electron chi connectivity index (χ1n) is 7.62. The van der Waals surface area contributed by atoms with Gasteiger partial charge in [-0.05, 0) is 60.9 Å². The van der Waals surface area contributed by atoms with Crippen molar-refractivity contribution in [3.05, 3.63) is 72.7 Å². The van der Waals surface area contributed by atoms with Gasteiger partial charge in [-0.3, -0.25) is 4.72 Å². The van der Waals surface area contributed by atoms with Gasteiger partial charge in [-0.2, -0.15) is 0 Å². The average molecular weight is 389 g/mol. The third-order valence-electron chi connectivity index (χ3n) is 3.49. The molecule has 5 nitrogen and oxygen atoms in total. The summed E-state index contributed by atoms with van der Waals surface area (Å²) in [5.41, 5.74) is 0.999. The van der Waals surface area contributed by atoms with E-state index >= 15 is 0 Å². The summed E-state index contributed by atoms with van der Waals surface area (Å²) >= 11 is 1.58. The first-order valence-corrected chi connectivity index (χ1v) is 10.3. The molecule has 8 heteroatoms. The second kappa shape index (κ2) is 7.76. The number of halogens is 1. The molecule has 3 rings (SSSR count). The standard InChI is InChI=1S/C18H16FN3O2S2/c1-25-16-5-2-4-15(12-16)21-18-17(6-3-11-20-18)26(23,24)22-14-9-7-13(19)8-10-14/h2-12,22H,1H3,(H,20,21). The van der Waals surface area contributed by atoms with Gasteiger partial charge in [0.15, 0.2) is 5.82 Å². The van der Waals surface area contributed by atoms with Gasteiger partial charge in [0, 0.05) is 22.5 Å². The van der Waals surface area contributed by atoms with Crippen LogP contribution in [0.2, 0.25) is 0 Å². The van der Waals surface area contributed by atoms with Gasteiger partial charge in [0.05, 0.1) is 0 Å². The van der Waals surface area contributed by atoms with Crippen LogP contribution in [0.5, 0.6) is 0 Å². The van der Waals surface area contributed by atoms with Crippen molar-refractivity contribution in [2.75, 3.05) is 16.3 Å². The Balaban J connectivity index is 1.91. The zero-order valence-electron chi connectivity index (χ0n) is 13.8. The molecule has 0 fully saturated rings. The Bertz CT molecular complexity index is 1010. The maximum Gasteiger partial charge on any atom is 0.265 e. The summed E-state index contributed by atoms with van der Waals surface area (Å²) in [5, 5.41) is 3.04. The van der Waals surface area contributed by atoms with E-state index in [4.69, 9.17) is 0 Å². The van der Waals surface area contributed by atoms with Crippen molar-refractivity contribution in [1.82, 2.24) is 4.98 Å². The molecule has 1 heterocycles. The van der Waals surface area contributed by atoms with Crippen molar-refractivity contribution in [1.29, 1.82) is 0 Å². The summed E-state index contributed by atoms with van der Waals surface area (Å²) in [6.45, 7) is 0. The largest absolute Gasteiger partial charge is 0.339 e. The Kier molecular flexibility index (Phi) is 5.43. The molecule has 0 aliphatic rings. The van der Waals surface area contributed by atoms with Gasteiger partial charge < -0.3 is 5.32 Å². The molecule has 0 unspecified atom stereocenters.